The zero-order valence-corrected chi connectivity index (χ0v) is 20.2. The van der Waals surface area contributed by atoms with Crippen LogP contribution < -0.4 is 0 Å². The van der Waals surface area contributed by atoms with E-state index in [4.69, 9.17) is 9.84 Å². The molecule has 0 aromatic heterocycles. The zero-order chi connectivity index (χ0) is 22.4. The van der Waals surface area contributed by atoms with Crippen LogP contribution in [0.2, 0.25) is 0 Å². The second kappa shape index (κ2) is 12.9. The van der Waals surface area contributed by atoms with Crippen molar-refractivity contribution in [2.24, 2.45) is 23.7 Å². The summed E-state index contributed by atoms with van der Waals surface area (Å²) in [5.41, 5.74) is 0.958. The summed E-state index contributed by atoms with van der Waals surface area (Å²) in [5.74, 6) is -1.31. The number of hydrogen-bond acceptors (Lipinski definition) is 6. The highest BCUT2D eigenvalue weighted by Crippen LogP contribution is 2.44. The zero-order valence-electron chi connectivity index (χ0n) is 18.8. The summed E-state index contributed by atoms with van der Waals surface area (Å²) in [6.45, 7) is 5.85. The van der Waals surface area contributed by atoms with Gasteiger partial charge in [-0.3, -0.25) is 9.59 Å². The van der Waals surface area contributed by atoms with Gasteiger partial charge in [-0.25, -0.2) is 0 Å². The molecule has 0 heterocycles. The van der Waals surface area contributed by atoms with Crippen LogP contribution >= 0.6 is 0 Å². The second-order valence-corrected chi connectivity index (χ2v) is 8.88. The summed E-state index contributed by atoms with van der Waals surface area (Å²) in [5, 5.41) is 39.1. The lowest BCUT2D eigenvalue weighted by Gasteiger charge is -2.43. The van der Waals surface area contributed by atoms with Crippen molar-refractivity contribution in [3.63, 3.8) is 0 Å². The predicted octanol–water partition coefficient (Wildman–Crippen LogP) is 2.06. The van der Waals surface area contributed by atoms with Gasteiger partial charge in [0, 0.05) is 35.4 Å². The number of aliphatic hydroxyl groups excluding tert-OH is 3. The number of carbonyl (C=O) groups is 2. The van der Waals surface area contributed by atoms with Gasteiger partial charge in [-0.1, -0.05) is 39.0 Å². The fraction of sp³-hybridized carbons (Fsp3) is 0.739. The fourth-order valence-corrected chi connectivity index (χ4v) is 4.52. The Balaban J connectivity index is 0.00000480. The molecular formula is C23H36MgO7. The Morgan fingerprint density at radius 1 is 1.26 bits per heavy atom. The summed E-state index contributed by atoms with van der Waals surface area (Å²) >= 11 is 0. The first-order valence-corrected chi connectivity index (χ1v) is 11.0. The largest absolute Gasteiger partial charge is 0.481 e. The Hall–Kier alpha value is -0.934. The Kier molecular flexibility index (Phi) is 11.7. The molecule has 172 valence electrons. The minimum atomic E-state index is -1.10. The number of ether oxygens (including phenoxy) is 1. The van der Waals surface area contributed by atoms with Crippen molar-refractivity contribution in [3.05, 3.63) is 23.8 Å². The molecule has 8 heteroatoms. The molecule has 2 aliphatic carbocycles. The van der Waals surface area contributed by atoms with E-state index in [1.165, 1.54) is 0 Å². The smallest absolute Gasteiger partial charge is 0.308 e. The van der Waals surface area contributed by atoms with Gasteiger partial charge in [-0.15, -0.1) is 0 Å². The molecule has 0 spiro atoms. The van der Waals surface area contributed by atoms with Crippen LogP contribution in [-0.2, 0) is 14.3 Å². The number of esters is 1. The molecule has 0 aromatic rings. The third-order valence-corrected chi connectivity index (χ3v) is 6.44. The number of aliphatic hydroxyl groups is 3. The summed E-state index contributed by atoms with van der Waals surface area (Å²) in [7, 11) is 0. The van der Waals surface area contributed by atoms with Crippen LogP contribution in [0.1, 0.15) is 59.3 Å². The van der Waals surface area contributed by atoms with Crippen molar-refractivity contribution < 1.29 is 34.8 Å². The van der Waals surface area contributed by atoms with E-state index < -0.39 is 30.4 Å². The summed E-state index contributed by atoms with van der Waals surface area (Å²) in [6.07, 6.45) is 4.64. The first-order valence-electron chi connectivity index (χ1n) is 11.0. The number of carbonyl (C=O) groups excluding carboxylic acids is 1. The molecule has 8 atom stereocenters. The second-order valence-electron chi connectivity index (χ2n) is 8.88. The van der Waals surface area contributed by atoms with Crippen molar-refractivity contribution in [3.8, 4) is 0 Å². The summed E-state index contributed by atoms with van der Waals surface area (Å²) < 4.78 is 5.84. The molecule has 2 aliphatic rings. The first kappa shape index (κ1) is 28.1. The quantitative estimate of drug-likeness (QED) is 0.298. The van der Waals surface area contributed by atoms with E-state index in [2.05, 4.69) is 13.0 Å². The Labute approximate surface area is 200 Å². The maximum atomic E-state index is 12.4. The van der Waals surface area contributed by atoms with Crippen LogP contribution in [0.25, 0.3) is 0 Å². The maximum Gasteiger partial charge on any atom is 0.308 e. The number of hydrogen-bond donors (Lipinski definition) is 4. The van der Waals surface area contributed by atoms with Crippen molar-refractivity contribution >= 4 is 35.0 Å². The minimum absolute atomic E-state index is 0. The summed E-state index contributed by atoms with van der Waals surface area (Å²) in [6, 6.07) is 0. The molecule has 2 radical (unpaired) electrons. The van der Waals surface area contributed by atoms with E-state index in [9.17, 15) is 24.9 Å². The van der Waals surface area contributed by atoms with Gasteiger partial charge < -0.3 is 25.2 Å². The Morgan fingerprint density at radius 3 is 2.55 bits per heavy atom. The fourth-order valence-electron chi connectivity index (χ4n) is 4.52. The first-order chi connectivity index (χ1) is 14.1. The average Bonchev–Trinajstić information content (AvgIpc) is 2.65. The number of carboxylic acids is 1. The standard InChI is InChI=1S/C23H36O7.Mg/c1-4-13(2)23(29)30-20-11-17(25)9-15-6-5-14(3)19(22(15)20)8-7-16(24)10-18(26)12-21(27)28;/h5-6,9,13-14,16-20,22,24-26H,4,7-8,10-12H2,1-3H3,(H,27,28);/t13-,14-,16+,17+,18+,19-,20-,22-;/m0./s1. The molecule has 7 nitrogen and oxygen atoms in total. The van der Waals surface area contributed by atoms with Gasteiger partial charge in [0.25, 0.3) is 0 Å². The number of allylic oxidation sites excluding steroid dienone is 2. The van der Waals surface area contributed by atoms with E-state index in [1.54, 1.807) is 0 Å². The molecule has 4 N–H and O–H groups in total. The minimum Gasteiger partial charge on any atom is -0.481 e. The molecule has 0 bridgehead atoms. The van der Waals surface area contributed by atoms with Crippen molar-refractivity contribution in [1.82, 2.24) is 0 Å². The van der Waals surface area contributed by atoms with Gasteiger partial charge >= 0.3 is 11.9 Å². The lowest BCUT2D eigenvalue weighted by Crippen LogP contribution is -2.43. The highest BCUT2D eigenvalue weighted by Gasteiger charge is 2.42. The van der Waals surface area contributed by atoms with Crippen LogP contribution in [0.5, 0.6) is 0 Å². The van der Waals surface area contributed by atoms with E-state index >= 15 is 0 Å². The Morgan fingerprint density at radius 2 is 1.94 bits per heavy atom. The van der Waals surface area contributed by atoms with Gasteiger partial charge in [0.1, 0.15) is 6.10 Å². The van der Waals surface area contributed by atoms with Crippen LogP contribution in [0.15, 0.2) is 23.8 Å². The van der Waals surface area contributed by atoms with Crippen molar-refractivity contribution in [1.29, 1.82) is 0 Å². The lowest BCUT2D eigenvalue weighted by atomic mass is 9.66. The molecular weight excluding hydrogens is 413 g/mol. The lowest BCUT2D eigenvalue weighted by molar-refractivity contribution is -0.159. The van der Waals surface area contributed by atoms with E-state index in [1.807, 2.05) is 26.0 Å². The molecule has 0 aliphatic heterocycles. The third-order valence-electron chi connectivity index (χ3n) is 6.44. The van der Waals surface area contributed by atoms with E-state index in [0.29, 0.717) is 25.7 Å². The van der Waals surface area contributed by atoms with Crippen LogP contribution in [0.4, 0.5) is 0 Å². The molecule has 0 saturated carbocycles. The monoisotopic (exact) mass is 448 g/mol. The van der Waals surface area contributed by atoms with E-state index in [-0.39, 0.29) is 65.5 Å². The molecule has 0 fully saturated rings. The normalized spacial score (nSPS) is 30.3. The van der Waals surface area contributed by atoms with Gasteiger partial charge in [0.2, 0.25) is 0 Å². The van der Waals surface area contributed by atoms with Crippen LogP contribution in [-0.4, -0.2) is 79.8 Å². The molecule has 2 rings (SSSR count). The number of aliphatic carboxylic acids is 1. The summed E-state index contributed by atoms with van der Waals surface area (Å²) in [4.78, 5) is 23.1. The van der Waals surface area contributed by atoms with Gasteiger partial charge in [0.15, 0.2) is 0 Å². The third kappa shape index (κ3) is 8.17. The highest BCUT2D eigenvalue weighted by atomic mass is 24.3. The number of carboxylic acid groups (broad SMARTS) is 1. The number of fused-ring (bicyclic) bond motifs is 1. The van der Waals surface area contributed by atoms with Crippen molar-refractivity contribution in [2.75, 3.05) is 0 Å². The van der Waals surface area contributed by atoms with Gasteiger partial charge in [-0.05, 0) is 43.1 Å². The topological polar surface area (TPSA) is 124 Å². The molecule has 31 heavy (non-hydrogen) atoms. The van der Waals surface area contributed by atoms with Crippen LogP contribution in [0, 0.1) is 23.7 Å². The Bertz CT molecular complexity index is 662. The average molecular weight is 449 g/mol. The predicted molar refractivity (Wildman–Crippen MR) is 117 cm³/mol. The van der Waals surface area contributed by atoms with Crippen LogP contribution in [0.3, 0.4) is 0 Å². The molecule has 0 saturated heterocycles. The van der Waals surface area contributed by atoms with E-state index in [0.717, 1.165) is 5.57 Å². The van der Waals surface area contributed by atoms with Crippen molar-refractivity contribution in [2.45, 2.75) is 83.7 Å². The SMILES string of the molecule is CC[C@H](C)C(=O)O[C@H]1C[C@H](O)C=C2C=C[C@H](C)[C@H](CC[C@@H](O)C[C@@H](O)CC(=O)O)[C@H]21.[Mg]. The maximum absolute atomic E-state index is 12.4. The van der Waals surface area contributed by atoms with Gasteiger partial charge in [-0.2, -0.15) is 0 Å². The molecule has 0 aromatic carbocycles. The molecule has 0 unspecified atom stereocenters. The van der Waals surface area contributed by atoms with Gasteiger partial charge in [0.05, 0.1) is 30.7 Å². The highest BCUT2D eigenvalue weighted by molar-refractivity contribution is 5.75. The number of rotatable bonds is 10. The molecule has 0 amide bonds.